The standard InChI is InChI=1S/C16H18N2O/c1-13(19)17-11-12-18-16-9-7-15(8-10-16)14-5-3-2-4-6-14/h2-10,18H,11-12H2,1H3,(H,17,19). The van der Waals surface area contributed by atoms with E-state index in [-0.39, 0.29) is 5.91 Å². The first kappa shape index (κ1) is 13.1. The quantitative estimate of drug-likeness (QED) is 0.805. The van der Waals surface area contributed by atoms with E-state index in [2.05, 4.69) is 47.0 Å². The van der Waals surface area contributed by atoms with Crippen molar-refractivity contribution in [3.05, 3.63) is 54.6 Å². The van der Waals surface area contributed by atoms with Crippen LogP contribution < -0.4 is 10.6 Å². The van der Waals surface area contributed by atoms with Crippen molar-refractivity contribution in [3.8, 4) is 11.1 Å². The molecule has 0 aliphatic rings. The van der Waals surface area contributed by atoms with Crippen molar-refractivity contribution < 1.29 is 4.79 Å². The van der Waals surface area contributed by atoms with Crippen LogP contribution in [0.1, 0.15) is 6.92 Å². The third-order valence-corrected chi connectivity index (χ3v) is 2.82. The highest BCUT2D eigenvalue weighted by Gasteiger charge is 1.97. The molecule has 0 aliphatic carbocycles. The second-order valence-corrected chi connectivity index (χ2v) is 4.35. The van der Waals surface area contributed by atoms with Crippen molar-refractivity contribution in [2.45, 2.75) is 6.92 Å². The molecule has 0 atom stereocenters. The molecular formula is C16H18N2O. The van der Waals surface area contributed by atoms with E-state index in [0.29, 0.717) is 6.54 Å². The molecule has 2 rings (SSSR count). The van der Waals surface area contributed by atoms with E-state index in [4.69, 9.17) is 0 Å². The van der Waals surface area contributed by atoms with Crippen molar-refractivity contribution in [1.82, 2.24) is 5.32 Å². The average Bonchev–Trinajstić information content (AvgIpc) is 2.45. The predicted molar refractivity (Wildman–Crippen MR) is 79.1 cm³/mol. The molecule has 0 heterocycles. The van der Waals surface area contributed by atoms with Crippen molar-refractivity contribution in [3.63, 3.8) is 0 Å². The summed E-state index contributed by atoms with van der Waals surface area (Å²) in [5, 5.41) is 6.02. The molecule has 0 saturated carbocycles. The van der Waals surface area contributed by atoms with Crippen LogP contribution in [0.15, 0.2) is 54.6 Å². The normalized spacial score (nSPS) is 9.95. The molecule has 0 spiro atoms. The van der Waals surface area contributed by atoms with E-state index in [0.717, 1.165) is 12.2 Å². The summed E-state index contributed by atoms with van der Waals surface area (Å²) in [6.45, 7) is 2.88. The lowest BCUT2D eigenvalue weighted by molar-refractivity contribution is -0.118. The Hall–Kier alpha value is -2.29. The zero-order valence-corrected chi connectivity index (χ0v) is 11.0. The third kappa shape index (κ3) is 4.14. The Kier molecular flexibility index (Phi) is 4.56. The molecule has 0 radical (unpaired) electrons. The Bertz CT molecular complexity index is 520. The van der Waals surface area contributed by atoms with Crippen LogP contribution in [0.4, 0.5) is 5.69 Å². The number of carbonyl (C=O) groups excluding carboxylic acids is 1. The van der Waals surface area contributed by atoms with Crippen LogP contribution in [-0.2, 0) is 4.79 Å². The molecule has 2 N–H and O–H groups in total. The molecule has 0 unspecified atom stereocenters. The summed E-state index contributed by atoms with van der Waals surface area (Å²) >= 11 is 0. The van der Waals surface area contributed by atoms with E-state index in [1.807, 2.05) is 18.2 Å². The van der Waals surface area contributed by atoms with E-state index >= 15 is 0 Å². The number of hydrogen-bond acceptors (Lipinski definition) is 2. The zero-order chi connectivity index (χ0) is 13.5. The molecule has 3 nitrogen and oxygen atoms in total. The van der Waals surface area contributed by atoms with Gasteiger partial charge in [0.05, 0.1) is 0 Å². The summed E-state index contributed by atoms with van der Waals surface area (Å²) in [4.78, 5) is 10.7. The Morgan fingerprint density at radius 2 is 1.53 bits per heavy atom. The average molecular weight is 254 g/mol. The first-order valence-electron chi connectivity index (χ1n) is 6.39. The molecule has 0 bridgehead atoms. The largest absolute Gasteiger partial charge is 0.383 e. The zero-order valence-electron chi connectivity index (χ0n) is 11.0. The molecule has 2 aromatic rings. The van der Waals surface area contributed by atoms with Crippen LogP contribution >= 0.6 is 0 Å². The van der Waals surface area contributed by atoms with Gasteiger partial charge in [0.25, 0.3) is 0 Å². The Morgan fingerprint density at radius 3 is 2.16 bits per heavy atom. The van der Waals surface area contributed by atoms with Crippen LogP contribution in [0.25, 0.3) is 11.1 Å². The van der Waals surface area contributed by atoms with E-state index in [9.17, 15) is 4.79 Å². The van der Waals surface area contributed by atoms with Gasteiger partial charge in [-0.25, -0.2) is 0 Å². The summed E-state index contributed by atoms with van der Waals surface area (Å²) in [6, 6.07) is 18.6. The lowest BCUT2D eigenvalue weighted by atomic mass is 10.1. The van der Waals surface area contributed by atoms with Gasteiger partial charge in [-0.05, 0) is 23.3 Å². The minimum atomic E-state index is 0.00113. The lowest BCUT2D eigenvalue weighted by Gasteiger charge is -2.08. The number of benzene rings is 2. The van der Waals surface area contributed by atoms with Gasteiger partial charge in [-0.2, -0.15) is 0 Å². The molecule has 0 saturated heterocycles. The van der Waals surface area contributed by atoms with Gasteiger partial charge in [0.15, 0.2) is 0 Å². The predicted octanol–water partition coefficient (Wildman–Crippen LogP) is 2.90. The SMILES string of the molecule is CC(=O)NCCNc1ccc(-c2ccccc2)cc1. The molecule has 0 aliphatic heterocycles. The number of carbonyl (C=O) groups is 1. The van der Waals surface area contributed by atoms with Gasteiger partial charge in [0.1, 0.15) is 0 Å². The molecule has 0 aromatic heterocycles. The van der Waals surface area contributed by atoms with Crippen LogP contribution in [0, 0.1) is 0 Å². The Labute approximate surface area is 113 Å². The maximum atomic E-state index is 10.7. The summed E-state index contributed by atoms with van der Waals surface area (Å²) < 4.78 is 0. The monoisotopic (exact) mass is 254 g/mol. The molecule has 19 heavy (non-hydrogen) atoms. The van der Waals surface area contributed by atoms with Gasteiger partial charge in [-0.3, -0.25) is 4.79 Å². The van der Waals surface area contributed by atoms with Crippen LogP contribution in [0.5, 0.6) is 0 Å². The van der Waals surface area contributed by atoms with Gasteiger partial charge in [-0.15, -0.1) is 0 Å². The maximum Gasteiger partial charge on any atom is 0.216 e. The Balaban J connectivity index is 1.90. The van der Waals surface area contributed by atoms with Crippen molar-refractivity contribution in [1.29, 1.82) is 0 Å². The van der Waals surface area contributed by atoms with Crippen molar-refractivity contribution >= 4 is 11.6 Å². The first-order chi connectivity index (χ1) is 9.25. The smallest absolute Gasteiger partial charge is 0.216 e. The number of nitrogens with one attached hydrogen (secondary N) is 2. The summed E-state index contributed by atoms with van der Waals surface area (Å²) in [7, 11) is 0. The molecule has 98 valence electrons. The summed E-state index contributed by atoms with van der Waals surface area (Å²) in [6.07, 6.45) is 0. The highest BCUT2D eigenvalue weighted by Crippen LogP contribution is 2.20. The van der Waals surface area contributed by atoms with Gasteiger partial charge in [-0.1, -0.05) is 42.5 Å². The second-order valence-electron chi connectivity index (χ2n) is 4.35. The minimum Gasteiger partial charge on any atom is -0.383 e. The van der Waals surface area contributed by atoms with Gasteiger partial charge >= 0.3 is 0 Å². The van der Waals surface area contributed by atoms with E-state index < -0.39 is 0 Å². The summed E-state index contributed by atoms with van der Waals surface area (Å²) in [5.74, 6) is 0.00113. The van der Waals surface area contributed by atoms with Crippen molar-refractivity contribution in [2.24, 2.45) is 0 Å². The van der Waals surface area contributed by atoms with Gasteiger partial charge < -0.3 is 10.6 Å². The fourth-order valence-corrected chi connectivity index (χ4v) is 1.86. The number of hydrogen-bond donors (Lipinski definition) is 2. The maximum absolute atomic E-state index is 10.7. The minimum absolute atomic E-state index is 0.00113. The van der Waals surface area contributed by atoms with Gasteiger partial charge in [0, 0.05) is 25.7 Å². The molecule has 3 heteroatoms. The highest BCUT2D eigenvalue weighted by atomic mass is 16.1. The topological polar surface area (TPSA) is 41.1 Å². The number of rotatable bonds is 5. The third-order valence-electron chi connectivity index (χ3n) is 2.82. The van der Waals surface area contributed by atoms with Crippen molar-refractivity contribution in [2.75, 3.05) is 18.4 Å². The molecule has 1 amide bonds. The molecular weight excluding hydrogens is 236 g/mol. The van der Waals surface area contributed by atoms with Crippen LogP contribution in [0.3, 0.4) is 0 Å². The van der Waals surface area contributed by atoms with E-state index in [1.165, 1.54) is 18.1 Å². The van der Waals surface area contributed by atoms with Crippen LogP contribution in [-0.4, -0.2) is 19.0 Å². The number of anilines is 1. The fraction of sp³-hybridized carbons (Fsp3) is 0.188. The molecule has 0 fully saturated rings. The number of amides is 1. The van der Waals surface area contributed by atoms with E-state index in [1.54, 1.807) is 0 Å². The Morgan fingerprint density at radius 1 is 0.895 bits per heavy atom. The first-order valence-corrected chi connectivity index (χ1v) is 6.39. The van der Waals surface area contributed by atoms with Crippen LogP contribution in [0.2, 0.25) is 0 Å². The lowest BCUT2D eigenvalue weighted by Crippen LogP contribution is -2.26. The summed E-state index contributed by atoms with van der Waals surface area (Å²) in [5.41, 5.74) is 3.48. The second kappa shape index (κ2) is 6.59. The fourth-order valence-electron chi connectivity index (χ4n) is 1.86. The van der Waals surface area contributed by atoms with Gasteiger partial charge in [0.2, 0.25) is 5.91 Å². The molecule has 2 aromatic carbocycles. The highest BCUT2D eigenvalue weighted by molar-refractivity contribution is 5.72.